The molecule has 22 heavy (non-hydrogen) atoms. The van der Waals surface area contributed by atoms with E-state index >= 15 is 0 Å². The van der Waals surface area contributed by atoms with E-state index in [0.29, 0.717) is 6.61 Å². The minimum atomic E-state index is -0.202. The van der Waals surface area contributed by atoms with Crippen molar-refractivity contribution in [1.82, 2.24) is 0 Å². The molecule has 1 unspecified atom stereocenters. The van der Waals surface area contributed by atoms with Crippen LogP contribution in [0.15, 0.2) is 35.9 Å². The van der Waals surface area contributed by atoms with E-state index in [4.69, 9.17) is 4.74 Å². The SMILES string of the molecule is CCOC(=O)C(C)[C@H](CC/C=C(\C)C=O)c1cccc(C)c1. The fourth-order valence-electron chi connectivity index (χ4n) is 2.58. The molecule has 0 heterocycles. The van der Waals surface area contributed by atoms with Crippen molar-refractivity contribution in [3.8, 4) is 0 Å². The van der Waals surface area contributed by atoms with Crippen LogP contribution in [0.25, 0.3) is 0 Å². The van der Waals surface area contributed by atoms with Gasteiger partial charge >= 0.3 is 5.97 Å². The molecule has 0 aliphatic carbocycles. The maximum Gasteiger partial charge on any atom is 0.309 e. The molecular weight excluding hydrogens is 276 g/mol. The van der Waals surface area contributed by atoms with E-state index in [2.05, 4.69) is 12.1 Å². The molecule has 120 valence electrons. The van der Waals surface area contributed by atoms with Crippen molar-refractivity contribution < 1.29 is 14.3 Å². The summed E-state index contributed by atoms with van der Waals surface area (Å²) in [5.41, 5.74) is 3.06. The smallest absolute Gasteiger partial charge is 0.309 e. The van der Waals surface area contributed by atoms with Gasteiger partial charge in [0, 0.05) is 0 Å². The maximum atomic E-state index is 12.1. The van der Waals surface area contributed by atoms with Gasteiger partial charge in [-0.05, 0) is 50.7 Å². The van der Waals surface area contributed by atoms with Crippen LogP contribution < -0.4 is 0 Å². The lowest BCUT2D eigenvalue weighted by atomic mass is 9.83. The summed E-state index contributed by atoms with van der Waals surface area (Å²) in [6, 6.07) is 8.24. The maximum absolute atomic E-state index is 12.1. The number of hydrogen-bond donors (Lipinski definition) is 0. The van der Waals surface area contributed by atoms with Gasteiger partial charge in [-0.25, -0.2) is 0 Å². The van der Waals surface area contributed by atoms with E-state index in [0.717, 1.165) is 30.3 Å². The van der Waals surface area contributed by atoms with Crippen molar-refractivity contribution in [2.24, 2.45) is 5.92 Å². The molecule has 0 fully saturated rings. The van der Waals surface area contributed by atoms with Crippen molar-refractivity contribution in [3.63, 3.8) is 0 Å². The zero-order valence-corrected chi connectivity index (χ0v) is 14.0. The summed E-state index contributed by atoms with van der Waals surface area (Å²) in [6.45, 7) is 7.98. The molecule has 0 spiro atoms. The number of aryl methyl sites for hydroxylation is 1. The molecule has 0 saturated carbocycles. The van der Waals surface area contributed by atoms with Gasteiger partial charge in [0.2, 0.25) is 0 Å². The van der Waals surface area contributed by atoms with E-state index in [1.54, 1.807) is 6.92 Å². The highest BCUT2D eigenvalue weighted by Crippen LogP contribution is 2.31. The molecular formula is C19H26O3. The largest absolute Gasteiger partial charge is 0.466 e. The molecule has 1 aromatic rings. The Morgan fingerprint density at radius 1 is 1.36 bits per heavy atom. The minimum absolute atomic E-state index is 0.0923. The Bertz CT molecular complexity index is 531. The van der Waals surface area contributed by atoms with Crippen LogP contribution in [0, 0.1) is 12.8 Å². The van der Waals surface area contributed by atoms with Gasteiger partial charge in [0.25, 0.3) is 0 Å². The molecule has 1 rings (SSSR count). The highest BCUT2D eigenvalue weighted by atomic mass is 16.5. The molecule has 0 radical (unpaired) electrons. The third kappa shape index (κ3) is 5.47. The average molecular weight is 302 g/mol. The number of carbonyl (C=O) groups is 2. The Labute approximate surface area is 133 Å². The number of allylic oxidation sites excluding steroid dienone is 2. The Balaban J connectivity index is 2.94. The lowest BCUT2D eigenvalue weighted by Gasteiger charge is -2.23. The number of esters is 1. The Kier molecular flexibility index (Phi) is 7.58. The van der Waals surface area contributed by atoms with Gasteiger partial charge in [-0.15, -0.1) is 0 Å². The molecule has 0 amide bonds. The van der Waals surface area contributed by atoms with E-state index in [1.165, 1.54) is 5.56 Å². The lowest BCUT2D eigenvalue weighted by Crippen LogP contribution is -2.22. The van der Waals surface area contributed by atoms with E-state index in [9.17, 15) is 9.59 Å². The number of hydrogen-bond acceptors (Lipinski definition) is 3. The van der Waals surface area contributed by atoms with Crippen molar-refractivity contribution in [1.29, 1.82) is 0 Å². The monoisotopic (exact) mass is 302 g/mol. The normalized spacial score (nSPS) is 14.3. The topological polar surface area (TPSA) is 43.4 Å². The minimum Gasteiger partial charge on any atom is -0.466 e. The van der Waals surface area contributed by atoms with E-state index in [-0.39, 0.29) is 17.8 Å². The predicted octanol–water partition coefficient (Wildman–Crippen LogP) is 4.20. The van der Waals surface area contributed by atoms with Gasteiger partial charge in [-0.3, -0.25) is 9.59 Å². The van der Waals surface area contributed by atoms with Crippen LogP contribution in [0.1, 0.15) is 50.7 Å². The first kappa shape index (κ1) is 18.1. The molecule has 2 atom stereocenters. The second-order valence-corrected chi connectivity index (χ2v) is 5.70. The number of rotatable bonds is 8. The number of carbonyl (C=O) groups excluding carboxylic acids is 2. The summed E-state index contributed by atoms with van der Waals surface area (Å²) < 4.78 is 5.17. The zero-order chi connectivity index (χ0) is 16.5. The highest BCUT2D eigenvalue weighted by molar-refractivity contribution is 5.73. The van der Waals surface area contributed by atoms with Crippen molar-refractivity contribution in [2.75, 3.05) is 6.61 Å². The predicted molar refractivity (Wildman–Crippen MR) is 88.8 cm³/mol. The highest BCUT2D eigenvalue weighted by Gasteiger charge is 2.26. The Hall–Kier alpha value is -1.90. The van der Waals surface area contributed by atoms with Gasteiger partial charge < -0.3 is 4.74 Å². The summed E-state index contributed by atoms with van der Waals surface area (Å²) in [5, 5.41) is 0. The average Bonchev–Trinajstić information content (AvgIpc) is 2.50. The van der Waals surface area contributed by atoms with Gasteiger partial charge in [0.1, 0.15) is 6.29 Å². The van der Waals surface area contributed by atoms with E-state index in [1.807, 2.05) is 39.0 Å². The fourth-order valence-corrected chi connectivity index (χ4v) is 2.58. The van der Waals surface area contributed by atoms with Gasteiger partial charge in [-0.2, -0.15) is 0 Å². The third-order valence-corrected chi connectivity index (χ3v) is 3.86. The van der Waals surface area contributed by atoms with Crippen LogP contribution in [0.2, 0.25) is 0 Å². The number of benzene rings is 1. The van der Waals surface area contributed by atoms with Crippen LogP contribution in [0.5, 0.6) is 0 Å². The molecule has 1 aromatic carbocycles. The van der Waals surface area contributed by atoms with Crippen molar-refractivity contribution in [2.45, 2.75) is 46.5 Å². The molecule has 3 nitrogen and oxygen atoms in total. The van der Waals surface area contributed by atoms with Gasteiger partial charge in [0.05, 0.1) is 12.5 Å². The van der Waals surface area contributed by atoms with Crippen molar-refractivity contribution in [3.05, 3.63) is 47.0 Å². The Morgan fingerprint density at radius 3 is 2.68 bits per heavy atom. The van der Waals surface area contributed by atoms with Gasteiger partial charge in [0.15, 0.2) is 0 Å². The van der Waals surface area contributed by atoms with Crippen LogP contribution in [-0.2, 0) is 14.3 Å². The summed E-state index contributed by atoms with van der Waals surface area (Å²) in [4.78, 5) is 22.8. The second kappa shape index (κ2) is 9.19. The molecule has 0 aliphatic rings. The second-order valence-electron chi connectivity index (χ2n) is 5.70. The molecule has 0 N–H and O–H groups in total. The molecule has 0 saturated heterocycles. The molecule has 3 heteroatoms. The summed E-state index contributed by atoms with van der Waals surface area (Å²) in [5.74, 6) is -0.272. The quantitative estimate of drug-likeness (QED) is 0.410. The fraction of sp³-hybridized carbons (Fsp3) is 0.474. The van der Waals surface area contributed by atoms with Crippen LogP contribution >= 0.6 is 0 Å². The van der Waals surface area contributed by atoms with Crippen LogP contribution in [0.4, 0.5) is 0 Å². The first-order valence-electron chi connectivity index (χ1n) is 7.84. The van der Waals surface area contributed by atoms with Gasteiger partial charge in [-0.1, -0.05) is 42.8 Å². The summed E-state index contributed by atoms with van der Waals surface area (Å²) >= 11 is 0. The first-order valence-corrected chi connectivity index (χ1v) is 7.84. The van der Waals surface area contributed by atoms with Crippen molar-refractivity contribution >= 4 is 12.3 Å². The van der Waals surface area contributed by atoms with Crippen LogP contribution in [0.3, 0.4) is 0 Å². The zero-order valence-electron chi connectivity index (χ0n) is 14.0. The number of ether oxygens (including phenoxy) is 1. The molecule has 0 bridgehead atoms. The third-order valence-electron chi connectivity index (χ3n) is 3.86. The number of aldehydes is 1. The van der Waals surface area contributed by atoms with Crippen LogP contribution in [-0.4, -0.2) is 18.9 Å². The standard InChI is InChI=1S/C19H26O3/c1-5-22-19(21)16(4)18(11-7-9-15(3)13-20)17-10-6-8-14(2)12-17/h6,8-10,12-13,16,18H,5,7,11H2,1-4H3/b15-9+/t16?,18-/m0/s1. The van der Waals surface area contributed by atoms with E-state index < -0.39 is 0 Å². The first-order chi connectivity index (χ1) is 10.5. The molecule has 0 aromatic heterocycles. The summed E-state index contributed by atoms with van der Waals surface area (Å²) in [7, 11) is 0. The summed E-state index contributed by atoms with van der Waals surface area (Å²) in [6.07, 6.45) is 4.37. The molecule has 0 aliphatic heterocycles. The lowest BCUT2D eigenvalue weighted by molar-refractivity contribution is -0.148. The Morgan fingerprint density at radius 2 is 2.09 bits per heavy atom.